The van der Waals surface area contributed by atoms with Crippen LogP contribution in [0.5, 0.6) is 5.75 Å². The van der Waals surface area contributed by atoms with E-state index in [0.29, 0.717) is 6.07 Å². The van der Waals surface area contributed by atoms with Crippen LogP contribution in [-0.4, -0.2) is 46.5 Å². The molecule has 3 N–H and O–H groups in total. The van der Waals surface area contributed by atoms with E-state index in [-0.39, 0.29) is 17.5 Å². The van der Waals surface area contributed by atoms with Crippen LogP contribution in [0.3, 0.4) is 0 Å². The summed E-state index contributed by atoms with van der Waals surface area (Å²) in [5.74, 6) is -2.65. The first-order chi connectivity index (χ1) is 14.6. The van der Waals surface area contributed by atoms with E-state index < -0.39 is 60.3 Å². The fraction of sp³-hybridized carbons (Fsp3) is 0.333. The topological polar surface area (TPSA) is 79.2 Å². The monoisotopic (exact) mass is 446 g/mol. The van der Waals surface area contributed by atoms with E-state index in [1.54, 1.807) is 0 Å². The van der Waals surface area contributed by atoms with Gasteiger partial charge in [-0.2, -0.15) is 13.2 Å². The number of alkyl halides is 3. The standard InChI is InChI=1S/C21H19F5O5/c22-13-7-12(6-5-11-3-1-2-4-14(11)21(24,25)26)20(15(23)8-13)31-18-9-16(28)19(29)17(10-27)30-18/h1-8,16-19,27-29H,9-10H2/b6-5+/t16-,17-,18+,19+/m1/s1. The summed E-state index contributed by atoms with van der Waals surface area (Å²) in [6.45, 7) is -0.648. The van der Waals surface area contributed by atoms with Gasteiger partial charge in [-0.15, -0.1) is 0 Å². The van der Waals surface area contributed by atoms with Gasteiger partial charge in [0.25, 0.3) is 0 Å². The number of benzene rings is 2. The molecule has 0 amide bonds. The van der Waals surface area contributed by atoms with Crippen molar-refractivity contribution in [1.29, 1.82) is 0 Å². The second-order valence-electron chi connectivity index (χ2n) is 6.92. The third kappa shape index (κ3) is 5.40. The molecule has 1 fully saturated rings. The molecule has 2 aromatic rings. The molecule has 1 aliphatic heterocycles. The van der Waals surface area contributed by atoms with Crippen molar-refractivity contribution in [2.75, 3.05) is 6.61 Å². The van der Waals surface area contributed by atoms with Crippen molar-refractivity contribution in [3.8, 4) is 5.75 Å². The van der Waals surface area contributed by atoms with Gasteiger partial charge in [-0.05, 0) is 17.7 Å². The molecule has 0 unspecified atom stereocenters. The lowest BCUT2D eigenvalue weighted by Gasteiger charge is -2.36. The summed E-state index contributed by atoms with van der Waals surface area (Å²) in [4.78, 5) is 0. The lowest BCUT2D eigenvalue weighted by Crippen LogP contribution is -2.51. The Hall–Kier alpha value is -2.53. The first-order valence-corrected chi connectivity index (χ1v) is 9.22. The van der Waals surface area contributed by atoms with Gasteiger partial charge in [-0.3, -0.25) is 0 Å². The van der Waals surface area contributed by atoms with Crippen LogP contribution in [0, 0.1) is 11.6 Å². The first kappa shape index (κ1) is 23.1. The van der Waals surface area contributed by atoms with E-state index in [4.69, 9.17) is 9.47 Å². The van der Waals surface area contributed by atoms with Gasteiger partial charge in [0.1, 0.15) is 18.0 Å². The molecule has 0 spiro atoms. The van der Waals surface area contributed by atoms with Gasteiger partial charge in [0, 0.05) is 18.1 Å². The highest BCUT2D eigenvalue weighted by molar-refractivity contribution is 5.74. The first-order valence-electron chi connectivity index (χ1n) is 9.22. The molecule has 168 valence electrons. The predicted molar refractivity (Wildman–Crippen MR) is 99.7 cm³/mol. The largest absolute Gasteiger partial charge is 0.461 e. The van der Waals surface area contributed by atoms with Crippen LogP contribution >= 0.6 is 0 Å². The smallest absolute Gasteiger partial charge is 0.416 e. The van der Waals surface area contributed by atoms with Gasteiger partial charge in [-0.25, -0.2) is 8.78 Å². The number of hydrogen-bond acceptors (Lipinski definition) is 5. The minimum atomic E-state index is -4.63. The summed E-state index contributed by atoms with van der Waals surface area (Å²) in [6, 6.07) is 6.06. The summed E-state index contributed by atoms with van der Waals surface area (Å²) >= 11 is 0. The van der Waals surface area contributed by atoms with Crippen molar-refractivity contribution in [3.63, 3.8) is 0 Å². The summed E-state index contributed by atoms with van der Waals surface area (Å²) in [5, 5.41) is 28.9. The van der Waals surface area contributed by atoms with Crippen LogP contribution in [-0.2, 0) is 10.9 Å². The van der Waals surface area contributed by atoms with Gasteiger partial charge >= 0.3 is 6.18 Å². The molecule has 1 heterocycles. The normalized spacial score (nSPS) is 24.5. The molecule has 1 aliphatic rings. The second-order valence-corrected chi connectivity index (χ2v) is 6.92. The number of rotatable bonds is 5. The maximum absolute atomic E-state index is 14.4. The van der Waals surface area contributed by atoms with E-state index in [2.05, 4.69) is 0 Å². The van der Waals surface area contributed by atoms with Crippen molar-refractivity contribution in [3.05, 3.63) is 64.7 Å². The Labute approximate surface area is 174 Å². The number of hydrogen-bond donors (Lipinski definition) is 3. The fourth-order valence-electron chi connectivity index (χ4n) is 3.18. The van der Waals surface area contributed by atoms with Crippen LogP contribution in [0.25, 0.3) is 12.2 Å². The Bertz CT molecular complexity index is 946. The quantitative estimate of drug-likeness (QED) is 0.485. The van der Waals surface area contributed by atoms with Crippen LogP contribution in [0.1, 0.15) is 23.1 Å². The van der Waals surface area contributed by atoms with Gasteiger partial charge in [0.15, 0.2) is 11.6 Å². The summed E-state index contributed by atoms with van der Waals surface area (Å²) < 4.78 is 78.4. The summed E-state index contributed by atoms with van der Waals surface area (Å²) in [7, 11) is 0. The van der Waals surface area contributed by atoms with E-state index in [1.807, 2.05) is 0 Å². The highest BCUT2D eigenvalue weighted by atomic mass is 19.4. The zero-order valence-corrected chi connectivity index (χ0v) is 15.9. The SMILES string of the molecule is OC[C@H]1O[C@@H](Oc2c(F)cc(F)cc2/C=C/c2ccccc2C(F)(F)F)C[C@@H](O)[C@@H]1O. The Balaban J connectivity index is 1.92. The highest BCUT2D eigenvalue weighted by Crippen LogP contribution is 2.34. The molecule has 3 rings (SSSR count). The predicted octanol–water partition coefficient (Wildman–Crippen LogP) is 3.36. The molecule has 0 saturated carbocycles. The molecule has 0 bridgehead atoms. The number of halogens is 5. The molecular weight excluding hydrogens is 427 g/mol. The Morgan fingerprint density at radius 2 is 1.74 bits per heavy atom. The van der Waals surface area contributed by atoms with E-state index in [1.165, 1.54) is 18.2 Å². The Morgan fingerprint density at radius 3 is 2.42 bits per heavy atom. The molecular formula is C21H19F5O5. The Morgan fingerprint density at radius 1 is 1.06 bits per heavy atom. The van der Waals surface area contributed by atoms with Crippen LogP contribution < -0.4 is 4.74 Å². The van der Waals surface area contributed by atoms with Crippen molar-refractivity contribution in [2.45, 2.75) is 37.2 Å². The third-order valence-corrected chi connectivity index (χ3v) is 4.71. The summed E-state index contributed by atoms with van der Waals surface area (Å²) in [5.41, 5.74) is -1.36. The van der Waals surface area contributed by atoms with E-state index >= 15 is 0 Å². The lowest BCUT2D eigenvalue weighted by atomic mass is 10.0. The van der Waals surface area contributed by atoms with E-state index in [9.17, 15) is 37.3 Å². The average molecular weight is 446 g/mol. The molecule has 1 saturated heterocycles. The molecule has 0 aliphatic carbocycles. The van der Waals surface area contributed by atoms with Crippen LogP contribution in [0.4, 0.5) is 22.0 Å². The minimum absolute atomic E-state index is 0.209. The van der Waals surface area contributed by atoms with E-state index in [0.717, 1.165) is 24.3 Å². The highest BCUT2D eigenvalue weighted by Gasteiger charge is 2.38. The molecule has 5 nitrogen and oxygen atoms in total. The average Bonchev–Trinajstić information content (AvgIpc) is 2.70. The zero-order valence-electron chi connectivity index (χ0n) is 15.9. The van der Waals surface area contributed by atoms with Crippen molar-refractivity contribution in [2.24, 2.45) is 0 Å². The molecule has 4 atom stereocenters. The maximum atomic E-state index is 14.4. The summed E-state index contributed by atoms with van der Waals surface area (Å²) in [6.07, 6.45) is -8.03. The van der Waals surface area contributed by atoms with Crippen molar-refractivity contribution < 1.29 is 46.7 Å². The van der Waals surface area contributed by atoms with Gasteiger partial charge < -0.3 is 24.8 Å². The van der Waals surface area contributed by atoms with Gasteiger partial charge in [0.2, 0.25) is 6.29 Å². The fourth-order valence-corrected chi connectivity index (χ4v) is 3.18. The zero-order chi connectivity index (χ0) is 22.8. The molecule has 10 heteroatoms. The van der Waals surface area contributed by atoms with Crippen molar-refractivity contribution >= 4 is 12.2 Å². The second kappa shape index (κ2) is 9.31. The van der Waals surface area contributed by atoms with Gasteiger partial charge in [0.05, 0.1) is 18.3 Å². The van der Waals surface area contributed by atoms with Crippen molar-refractivity contribution in [1.82, 2.24) is 0 Å². The molecule has 0 aromatic heterocycles. The van der Waals surface area contributed by atoms with Gasteiger partial charge in [-0.1, -0.05) is 30.4 Å². The van der Waals surface area contributed by atoms with Crippen LogP contribution in [0.15, 0.2) is 36.4 Å². The Kier molecular flexibility index (Phi) is 6.95. The molecule has 2 aromatic carbocycles. The third-order valence-electron chi connectivity index (χ3n) is 4.71. The number of aliphatic hydroxyl groups is 3. The number of ether oxygens (including phenoxy) is 2. The van der Waals surface area contributed by atoms with Crippen LogP contribution in [0.2, 0.25) is 0 Å². The number of aliphatic hydroxyl groups excluding tert-OH is 3. The lowest BCUT2D eigenvalue weighted by molar-refractivity contribution is -0.230. The maximum Gasteiger partial charge on any atom is 0.416 e. The minimum Gasteiger partial charge on any atom is -0.461 e. The molecule has 31 heavy (non-hydrogen) atoms. The molecule has 0 radical (unpaired) electrons.